The molecule has 2 heterocycles. The number of halogens is 1. The van der Waals surface area contributed by atoms with Crippen LogP contribution in [0, 0.1) is 12.8 Å². The van der Waals surface area contributed by atoms with E-state index < -0.39 is 0 Å². The molecule has 2 N–H and O–H groups in total. The molecule has 0 bridgehead atoms. The highest BCUT2D eigenvalue weighted by Crippen LogP contribution is 2.33. The molecule has 2 aromatic rings. The third kappa shape index (κ3) is 3.12. The maximum Gasteiger partial charge on any atom is 0.0521 e. The molecule has 0 saturated carbocycles. The van der Waals surface area contributed by atoms with E-state index in [1.54, 1.807) is 0 Å². The number of likely N-dealkylation sites (tertiary alicyclic amines) is 1. The number of aryl methyl sites for hydroxylation is 1. The molecule has 1 fully saturated rings. The molecular weight excluding hydrogens is 286 g/mol. The van der Waals surface area contributed by atoms with Crippen molar-refractivity contribution in [3.63, 3.8) is 0 Å². The summed E-state index contributed by atoms with van der Waals surface area (Å²) in [6.07, 6.45) is 1.85. The molecule has 3 rings (SSSR count). The van der Waals surface area contributed by atoms with Crippen molar-refractivity contribution in [2.75, 3.05) is 19.7 Å². The van der Waals surface area contributed by atoms with Crippen molar-refractivity contribution < 1.29 is 5.11 Å². The van der Waals surface area contributed by atoms with Gasteiger partial charge in [-0.1, -0.05) is 23.7 Å². The Balaban J connectivity index is 1.73. The zero-order valence-corrected chi connectivity index (χ0v) is 12.8. The van der Waals surface area contributed by atoms with E-state index in [1.807, 2.05) is 18.3 Å². The van der Waals surface area contributed by atoms with Gasteiger partial charge in [0.1, 0.15) is 0 Å². The van der Waals surface area contributed by atoms with Crippen LogP contribution >= 0.6 is 11.6 Å². The second-order valence-corrected chi connectivity index (χ2v) is 6.26. The quantitative estimate of drug-likeness (QED) is 0.913. The first-order valence-electron chi connectivity index (χ1n) is 7.25. The Morgan fingerprint density at radius 2 is 2.10 bits per heavy atom. The van der Waals surface area contributed by atoms with Gasteiger partial charge in [-0.15, -0.1) is 0 Å². The Bertz CT molecular complexity index is 596. The third-order valence-corrected chi connectivity index (χ3v) is 4.62. The van der Waals surface area contributed by atoms with Crippen LogP contribution in [0.5, 0.6) is 0 Å². The summed E-state index contributed by atoms with van der Waals surface area (Å²) in [7, 11) is 0. The molecule has 1 aliphatic heterocycles. The lowest BCUT2D eigenvalue weighted by molar-refractivity contribution is 0.213. The van der Waals surface area contributed by atoms with Crippen LogP contribution in [0.25, 0.3) is 0 Å². The highest BCUT2D eigenvalue weighted by Gasteiger charge is 2.33. The second kappa shape index (κ2) is 6.18. The third-order valence-electron chi connectivity index (χ3n) is 4.36. The minimum absolute atomic E-state index is 0.214. The van der Waals surface area contributed by atoms with Gasteiger partial charge in [-0.3, -0.25) is 10.00 Å². The number of aromatic amines is 1. The highest BCUT2D eigenvalue weighted by molar-refractivity contribution is 6.30. The van der Waals surface area contributed by atoms with E-state index in [2.05, 4.69) is 34.2 Å². The molecule has 0 aliphatic carbocycles. The Hall–Kier alpha value is -1.36. The first-order chi connectivity index (χ1) is 10.2. The summed E-state index contributed by atoms with van der Waals surface area (Å²) in [6, 6.07) is 7.99. The Kier molecular flexibility index (Phi) is 4.29. The minimum Gasteiger partial charge on any atom is -0.396 e. The molecule has 4 nitrogen and oxygen atoms in total. The van der Waals surface area contributed by atoms with Crippen LogP contribution < -0.4 is 0 Å². The number of hydrogen-bond acceptors (Lipinski definition) is 3. The summed E-state index contributed by atoms with van der Waals surface area (Å²) in [6.45, 7) is 4.99. The lowest BCUT2D eigenvalue weighted by Crippen LogP contribution is -2.21. The molecule has 0 unspecified atom stereocenters. The predicted octanol–water partition coefficient (Wildman–Crippen LogP) is 2.58. The fourth-order valence-electron chi connectivity index (χ4n) is 3.12. The number of H-pyrrole nitrogens is 1. The maximum absolute atomic E-state index is 9.68. The summed E-state index contributed by atoms with van der Waals surface area (Å²) < 4.78 is 0. The van der Waals surface area contributed by atoms with Crippen molar-refractivity contribution in [2.45, 2.75) is 19.4 Å². The van der Waals surface area contributed by atoms with Gasteiger partial charge >= 0.3 is 0 Å². The average molecular weight is 306 g/mol. The summed E-state index contributed by atoms with van der Waals surface area (Å²) >= 11 is 5.96. The van der Waals surface area contributed by atoms with Gasteiger partial charge in [0.25, 0.3) is 0 Å². The zero-order chi connectivity index (χ0) is 14.8. The fourth-order valence-corrected chi connectivity index (χ4v) is 3.25. The van der Waals surface area contributed by atoms with E-state index in [-0.39, 0.29) is 12.5 Å². The minimum atomic E-state index is 0.214. The second-order valence-electron chi connectivity index (χ2n) is 5.83. The number of nitrogens with zero attached hydrogens (tertiary/aromatic N) is 2. The number of aliphatic hydroxyl groups is 1. The average Bonchev–Trinajstić information content (AvgIpc) is 3.07. The van der Waals surface area contributed by atoms with Crippen molar-refractivity contribution in [2.24, 2.45) is 5.92 Å². The Labute approximate surface area is 129 Å². The van der Waals surface area contributed by atoms with Crippen LogP contribution in [0.1, 0.15) is 22.7 Å². The fraction of sp³-hybridized carbons (Fsp3) is 0.438. The van der Waals surface area contributed by atoms with Gasteiger partial charge in [0.15, 0.2) is 0 Å². The standard InChI is InChI=1S/C16H20ClN3O/c1-11-6-18-19-16(11)9-20-7-13(10-21)15(8-20)12-2-4-14(17)5-3-12/h2-6,13,15,21H,7-10H2,1H3,(H,18,19)/t13-,15-/m0/s1. The van der Waals surface area contributed by atoms with Gasteiger partial charge < -0.3 is 5.11 Å². The molecule has 0 spiro atoms. The van der Waals surface area contributed by atoms with Crippen LogP contribution in [0.2, 0.25) is 5.02 Å². The topological polar surface area (TPSA) is 52.2 Å². The smallest absolute Gasteiger partial charge is 0.0521 e. The summed E-state index contributed by atoms with van der Waals surface area (Å²) in [5.74, 6) is 0.630. The monoisotopic (exact) mass is 305 g/mol. The van der Waals surface area contributed by atoms with Gasteiger partial charge in [-0.05, 0) is 30.2 Å². The normalized spacial score (nSPS) is 22.8. The van der Waals surface area contributed by atoms with Crippen molar-refractivity contribution >= 4 is 11.6 Å². The van der Waals surface area contributed by atoms with E-state index in [4.69, 9.17) is 11.6 Å². The molecule has 2 atom stereocenters. The van der Waals surface area contributed by atoms with Gasteiger partial charge in [0.05, 0.1) is 11.9 Å². The van der Waals surface area contributed by atoms with Crippen LogP contribution in [0.15, 0.2) is 30.5 Å². The largest absolute Gasteiger partial charge is 0.396 e. The molecule has 1 aromatic heterocycles. The van der Waals surface area contributed by atoms with Gasteiger partial charge in [0, 0.05) is 43.1 Å². The van der Waals surface area contributed by atoms with Crippen LogP contribution in [0.3, 0.4) is 0 Å². The number of aromatic nitrogens is 2. The van der Waals surface area contributed by atoms with Crippen LogP contribution in [-0.2, 0) is 6.54 Å². The number of aliphatic hydroxyl groups excluding tert-OH is 1. The highest BCUT2D eigenvalue weighted by atomic mass is 35.5. The first kappa shape index (κ1) is 14.6. The first-order valence-corrected chi connectivity index (χ1v) is 7.62. The van der Waals surface area contributed by atoms with E-state index in [0.717, 1.165) is 30.4 Å². The molecule has 1 aliphatic rings. The van der Waals surface area contributed by atoms with Gasteiger partial charge in [-0.2, -0.15) is 5.10 Å². The molecule has 112 valence electrons. The Morgan fingerprint density at radius 1 is 1.33 bits per heavy atom. The van der Waals surface area contributed by atoms with Crippen molar-refractivity contribution in [3.8, 4) is 0 Å². The molecule has 5 heteroatoms. The number of benzene rings is 1. The number of rotatable bonds is 4. The molecular formula is C16H20ClN3O. The SMILES string of the molecule is Cc1cn[nH]c1CN1C[C@@H](CO)[C@H](c2ccc(Cl)cc2)C1. The molecule has 0 amide bonds. The lowest BCUT2D eigenvalue weighted by Gasteiger charge is -2.16. The Morgan fingerprint density at radius 3 is 2.71 bits per heavy atom. The lowest BCUT2D eigenvalue weighted by atomic mass is 9.90. The van der Waals surface area contributed by atoms with E-state index in [1.165, 1.54) is 11.1 Å². The predicted molar refractivity (Wildman–Crippen MR) is 83.4 cm³/mol. The van der Waals surface area contributed by atoms with Crippen molar-refractivity contribution in [1.82, 2.24) is 15.1 Å². The van der Waals surface area contributed by atoms with Crippen molar-refractivity contribution in [1.29, 1.82) is 0 Å². The van der Waals surface area contributed by atoms with Gasteiger partial charge in [0.2, 0.25) is 0 Å². The molecule has 1 aromatic carbocycles. The number of hydrogen-bond donors (Lipinski definition) is 2. The van der Waals surface area contributed by atoms with E-state index in [9.17, 15) is 5.11 Å². The number of nitrogens with one attached hydrogen (secondary N) is 1. The van der Waals surface area contributed by atoms with E-state index in [0.29, 0.717) is 5.92 Å². The molecule has 21 heavy (non-hydrogen) atoms. The van der Waals surface area contributed by atoms with Crippen LogP contribution in [-0.4, -0.2) is 39.9 Å². The summed E-state index contributed by atoms with van der Waals surface area (Å²) in [5.41, 5.74) is 3.59. The van der Waals surface area contributed by atoms with E-state index >= 15 is 0 Å². The summed E-state index contributed by atoms with van der Waals surface area (Å²) in [4.78, 5) is 2.38. The molecule has 1 saturated heterocycles. The maximum atomic E-state index is 9.68. The van der Waals surface area contributed by atoms with Gasteiger partial charge in [-0.25, -0.2) is 0 Å². The zero-order valence-electron chi connectivity index (χ0n) is 12.1. The summed E-state index contributed by atoms with van der Waals surface area (Å²) in [5, 5.41) is 17.6. The molecule has 0 radical (unpaired) electrons. The van der Waals surface area contributed by atoms with Crippen molar-refractivity contribution in [3.05, 3.63) is 52.3 Å². The van der Waals surface area contributed by atoms with Crippen LogP contribution in [0.4, 0.5) is 0 Å².